The van der Waals surface area contributed by atoms with Gasteiger partial charge in [-0.3, -0.25) is 14.4 Å². The molecule has 0 radical (unpaired) electrons. The summed E-state index contributed by atoms with van der Waals surface area (Å²) >= 11 is 0. The second-order valence-electron chi connectivity index (χ2n) is 7.40. The van der Waals surface area contributed by atoms with Gasteiger partial charge >= 0.3 is 0 Å². The van der Waals surface area contributed by atoms with Crippen LogP contribution in [0.1, 0.15) is 15.9 Å². The molecule has 3 N–H and O–H groups in total. The molecular formula is C26H20FN5O3. The molecule has 1 heterocycles. The van der Waals surface area contributed by atoms with Crippen LogP contribution in [-0.4, -0.2) is 34.5 Å². The van der Waals surface area contributed by atoms with E-state index in [9.17, 15) is 18.8 Å². The van der Waals surface area contributed by atoms with Crippen LogP contribution in [0.3, 0.4) is 0 Å². The average Bonchev–Trinajstić information content (AvgIpc) is 2.88. The maximum Gasteiger partial charge on any atom is 0.244 e. The summed E-state index contributed by atoms with van der Waals surface area (Å²) in [7, 11) is 1.46. The van der Waals surface area contributed by atoms with E-state index < -0.39 is 17.5 Å². The van der Waals surface area contributed by atoms with Crippen molar-refractivity contribution in [3.05, 3.63) is 113 Å². The summed E-state index contributed by atoms with van der Waals surface area (Å²) in [5.74, 6) is -1.93. The highest BCUT2D eigenvalue weighted by Gasteiger charge is 2.19. The minimum absolute atomic E-state index is 0.0281. The first-order chi connectivity index (χ1) is 16.9. The van der Waals surface area contributed by atoms with E-state index in [1.807, 2.05) is 6.07 Å². The molecule has 1 amide bonds. The molecule has 0 aliphatic heterocycles. The summed E-state index contributed by atoms with van der Waals surface area (Å²) < 4.78 is 14.5. The fourth-order valence-electron chi connectivity index (χ4n) is 3.25. The van der Waals surface area contributed by atoms with Crippen LogP contribution < -0.4 is 16.0 Å². The van der Waals surface area contributed by atoms with Gasteiger partial charge in [0.15, 0.2) is 17.4 Å². The van der Waals surface area contributed by atoms with E-state index in [4.69, 9.17) is 0 Å². The maximum atomic E-state index is 14.5. The zero-order chi connectivity index (χ0) is 24.8. The van der Waals surface area contributed by atoms with Crippen LogP contribution in [0, 0.1) is 5.82 Å². The Labute approximate surface area is 200 Å². The van der Waals surface area contributed by atoms with Crippen molar-refractivity contribution in [3.63, 3.8) is 0 Å². The third-order valence-corrected chi connectivity index (χ3v) is 4.99. The van der Waals surface area contributed by atoms with E-state index in [1.54, 1.807) is 54.6 Å². The summed E-state index contributed by atoms with van der Waals surface area (Å²) in [4.78, 5) is 45.0. The molecule has 2 aromatic carbocycles. The fourth-order valence-corrected chi connectivity index (χ4v) is 3.25. The molecule has 0 saturated heterocycles. The van der Waals surface area contributed by atoms with E-state index in [0.29, 0.717) is 16.8 Å². The number of halogens is 1. The van der Waals surface area contributed by atoms with Crippen molar-refractivity contribution in [2.75, 3.05) is 17.7 Å². The van der Waals surface area contributed by atoms with Gasteiger partial charge in [-0.05, 0) is 18.2 Å². The van der Waals surface area contributed by atoms with E-state index in [0.717, 1.165) is 6.20 Å². The quantitative estimate of drug-likeness (QED) is 0.357. The molecule has 0 bridgehead atoms. The number of carbonyl (C=O) groups is 3. The average molecular weight is 469 g/mol. The predicted octanol–water partition coefficient (Wildman–Crippen LogP) is 3.70. The summed E-state index contributed by atoms with van der Waals surface area (Å²) in [5.41, 5.74) is 1.70. The Morgan fingerprint density at radius 1 is 1.00 bits per heavy atom. The van der Waals surface area contributed by atoms with E-state index in [-0.39, 0.29) is 28.8 Å². The minimum Gasteiger partial charge on any atom is -0.356 e. The molecule has 0 saturated carbocycles. The SMILES string of the molecule is CNC(=O)C=C1C=CC=C(Nc2ncc(F)c(Nc3cccc(C(=O)c4ccccc4)c3)n2)C1=O. The molecule has 4 rings (SSSR count). The highest BCUT2D eigenvalue weighted by atomic mass is 19.1. The second kappa shape index (κ2) is 10.3. The highest BCUT2D eigenvalue weighted by molar-refractivity contribution is 6.15. The molecule has 1 aromatic heterocycles. The number of nitrogens with zero attached hydrogens (tertiary/aromatic N) is 2. The summed E-state index contributed by atoms with van der Waals surface area (Å²) in [6, 6.07) is 15.4. The zero-order valence-corrected chi connectivity index (χ0v) is 18.6. The van der Waals surface area contributed by atoms with Crippen molar-refractivity contribution in [2.24, 2.45) is 0 Å². The Hall–Kier alpha value is -4.92. The van der Waals surface area contributed by atoms with E-state index in [1.165, 1.54) is 25.3 Å². The number of allylic oxidation sites excluding steroid dienone is 4. The molecule has 8 nitrogen and oxygen atoms in total. The van der Waals surface area contributed by atoms with Gasteiger partial charge in [0.1, 0.15) is 0 Å². The number of likely N-dealkylation sites (N-methyl/N-ethyl adjacent to an activating group) is 1. The van der Waals surface area contributed by atoms with Crippen molar-refractivity contribution >= 4 is 34.9 Å². The van der Waals surface area contributed by atoms with Gasteiger partial charge in [0.2, 0.25) is 17.6 Å². The first-order valence-electron chi connectivity index (χ1n) is 10.6. The topological polar surface area (TPSA) is 113 Å². The van der Waals surface area contributed by atoms with Crippen molar-refractivity contribution < 1.29 is 18.8 Å². The number of amides is 1. The first kappa shape index (κ1) is 23.2. The maximum absolute atomic E-state index is 14.5. The Kier molecular flexibility index (Phi) is 6.87. The lowest BCUT2D eigenvalue weighted by molar-refractivity contribution is -0.117. The number of Topliss-reactive ketones (excluding diaryl/α,β-unsaturated/α-hetero) is 1. The molecule has 1 aliphatic carbocycles. The summed E-state index contributed by atoms with van der Waals surface area (Å²) in [5, 5.41) is 8.03. The molecule has 0 atom stereocenters. The number of ketones is 2. The number of nitrogens with one attached hydrogen (secondary N) is 3. The Bertz CT molecular complexity index is 1400. The number of anilines is 3. The van der Waals surface area contributed by atoms with Crippen LogP contribution in [0.15, 0.2) is 96.4 Å². The largest absolute Gasteiger partial charge is 0.356 e. The lowest BCUT2D eigenvalue weighted by atomic mass is 10.0. The molecule has 1 aliphatic rings. The number of carbonyl (C=O) groups excluding carboxylic acids is 3. The van der Waals surface area contributed by atoms with Crippen molar-refractivity contribution in [1.82, 2.24) is 15.3 Å². The van der Waals surface area contributed by atoms with Crippen LogP contribution >= 0.6 is 0 Å². The van der Waals surface area contributed by atoms with Gasteiger partial charge in [0, 0.05) is 35.5 Å². The van der Waals surface area contributed by atoms with Gasteiger partial charge in [-0.1, -0.05) is 54.6 Å². The van der Waals surface area contributed by atoms with Crippen molar-refractivity contribution in [1.29, 1.82) is 0 Å². The molecule has 0 unspecified atom stereocenters. The molecule has 9 heteroatoms. The number of hydrogen-bond donors (Lipinski definition) is 3. The van der Waals surface area contributed by atoms with Crippen LogP contribution in [0.5, 0.6) is 0 Å². The summed E-state index contributed by atoms with van der Waals surface area (Å²) in [6.45, 7) is 0. The van der Waals surface area contributed by atoms with Gasteiger partial charge in [-0.25, -0.2) is 9.37 Å². The monoisotopic (exact) mass is 469 g/mol. The molecular weight excluding hydrogens is 449 g/mol. The van der Waals surface area contributed by atoms with E-state index >= 15 is 0 Å². The number of rotatable bonds is 7. The lowest BCUT2D eigenvalue weighted by Gasteiger charge is -2.13. The molecule has 0 fully saturated rings. The molecule has 35 heavy (non-hydrogen) atoms. The number of benzene rings is 2. The number of hydrogen-bond acceptors (Lipinski definition) is 7. The minimum atomic E-state index is -0.723. The second-order valence-corrected chi connectivity index (χ2v) is 7.40. The molecule has 174 valence electrons. The van der Waals surface area contributed by atoms with Crippen molar-refractivity contribution in [2.45, 2.75) is 0 Å². The fraction of sp³-hybridized carbons (Fsp3) is 0.0385. The van der Waals surface area contributed by atoms with Crippen molar-refractivity contribution in [3.8, 4) is 0 Å². The number of aromatic nitrogens is 2. The van der Waals surface area contributed by atoms with Crippen LogP contribution in [0.4, 0.5) is 21.8 Å². The highest BCUT2D eigenvalue weighted by Crippen LogP contribution is 2.22. The Morgan fingerprint density at radius 3 is 2.54 bits per heavy atom. The van der Waals surface area contributed by atoms with Gasteiger partial charge in [0.25, 0.3) is 0 Å². The van der Waals surface area contributed by atoms with Crippen LogP contribution in [0.25, 0.3) is 0 Å². The standard InChI is InChI=1S/C26H20FN5O3/c1-28-22(33)14-18-10-6-12-21(24(18)35)31-26-29-15-20(27)25(32-26)30-19-11-5-9-17(13-19)23(34)16-7-3-2-4-8-16/h2-15H,1H3,(H,28,33)(H2,29,30,31,32). The smallest absolute Gasteiger partial charge is 0.244 e. The first-order valence-corrected chi connectivity index (χ1v) is 10.6. The third-order valence-electron chi connectivity index (χ3n) is 4.99. The molecule has 3 aromatic rings. The lowest BCUT2D eigenvalue weighted by Crippen LogP contribution is -2.20. The van der Waals surface area contributed by atoms with Crippen LogP contribution in [0.2, 0.25) is 0 Å². The van der Waals surface area contributed by atoms with Crippen LogP contribution in [-0.2, 0) is 9.59 Å². The third kappa shape index (κ3) is 5.53. The van der Waals surface area contributed by atoms with Gasteiger partial charge in [-0.15, -0.1) is 0 Å². The van der Waals surface area contributed by atoms with E-state index in [2.05, 4.69) is 25.9 Å². The zero-order valence-electron chi connectivity index (χ0n) is 18.6. The summed E-state index contributed by atoms with van der Waals surface area (Å²) in [6.07, 6.45) is 6.74. The van der Waals surface area contributed by atoms with Gasteiger partial charge < -0.3 is 16.0 Å². The van der Waals surface area contributed by atoms with Gasteiger partial charge in [0.05, 0.1) is 11.9 Å². The van der Waals surface area contributed by atoms with Gasteiger partial charge in [-0.2, -0.15) is 4.98 Å². The predicted molar refractivity (Wildman–Crippen MR) is 130 cm³/mol. The molecule has 0 spiro atoms. The Balaban J connectivity index is 1.53. The normalized spacial score (nSPS) is 13.8. The Morgan fingerprint density at radius 2 is 1.77 bits per heavy atom.